The molecule has 0 spiro atoms. The van der Waals surface area contributed by atoms with Crippen LogP contribution in [0.1, 0.15) is 44.1 Å². The molecule has 1 aliphatic heterocycles. The maximum absolute atomic E-state index is 6.60. The van der Waals surface area contributed by atoms with E-state index in [9.17, 15) is 0 Å². The van der Waals surface area contributed by atoms with Crippen LogP contribution in [-0.2, 0) is 0 Å². The highest BCUT2D eigenvalue weighted by atomic mass is 35.5. The summed E-state index contributed by atoms with van der Waals surface area (Å²) < 4.78 is 11.3. The summed E-state index contributed by atoms with van der Waals surface area (Å²) in [5, 5.41) is -0.00187. The van der Waals surface area contributed by atoms with Crippen molar-refractivity contribution in [3.63, 3.8) is 0 Å². The number of hydrogen-bond donors (Lipinski definition) is 0. The van der Waals surface area contributed by atoms with Gasteiger partial charge in [0.2, 0.25) is 0 Å². The summed E-state index contributed by atoms with van der Waals surface area (Å²) in [6.45, 7) is 8.46. The van der Waals surface area contributed by atoms with Gasteiger partial charge in [-0.15, -0.1) is 11.6 Å². The van der Waals surface area contributed by atoms with Gasteiger partial charge in [0.15, 0.2) is 11.5 Å². The molecule has 1 saturated heterocycles. The molecule has 0 amide bonds. The Balaban J connectivity index is 2.05. The van der Waals surface area contributed by atoms with Crippen molar-refractivity contribution in [2.24, 2.45) is 0 Å². The van der Waals surface area contributed by atoms with Gasteiger partial charge in [-0.25, -0.2) is 0 Å². The Morgan fingerprint density at radius 2 is 1.71 bits per heavy atom. The second-order valence-electron chi connectivity index (χ2n) is 5.40. The Morgan fingerprint density at radius 3 is 2.38 bits per heavy atom. The van der Waals surface area contributed by atoms with Gasteiger partial charge in [-0.05, 0) is 57.5 Å². The molecule has 0 aliphatic carbocycles. The van der Waals surface area contributed by atoms with Crippen molar-refractivity contribution < 1.29 is 9.47 Å². The van der Waals surface area contributed by atoms with Crippen LogP contribution in [0.15, 0.2) is 18.2 Å². The highest BCUT2D eigenvalue weighted by Gasteiger charge is 2.17. The lowest BCUT2D eigenvalue weighted by molar-refractivity contribution is 0.228. The van der Waals surface area contributed by atoms with Gasteiger partial charge in [-0.1, -0.05) is 12.5 Å². The Kier molecular flexibility index (Phi) is 6.65. The Morgan fingerprint density at radius 1 is 1.05 bits per heavy atom. The standard InChI is InChI=1S/C17H26ClNO2/c1-3-20-16-9-8-14(12-17(16)21-4-2)15(18)13-19-10-6-5-7-11-19/h8-9,12,15H,3-7,10-11,13H2,1-2H3. The lowest BCUT2D eigenvalue weighted by Gasteiger charge is -2.28. The molecule has 4 heteroatoms. The van der Waals surface area contributed by atoms with E-state index in [1.54, 1.807) is 0 Å². The zero-order chi connectivity index (χ0) is 15.1. The number of ether oxygens (including phenoxy) is 2. The number of rotatable bonds is 7. The molecule has 0 saturated carbocycles. The van der Waals surface area contributed by atoms with Crippen LogP contribution in [0.25, 0.3) is 0 Å². The fraction of sp³-hybridized carbons (Fsp3) is 0.647. The smallest absolute Gasteiger partial charge is 0.161 e. The van der Waals surface area contributed by atoms with E-state index in [1.807, 2.05) is 26.0 Å². The molecule has 0 aromatic heterocycles. The third-order valence-electron chi connectivity index (χ3n) is 3.80. The molecule has 1 unspecified atom stereocenters. The molecular weight excluding hydrogens is 286 g/mol. The van der Waals surface area contributed by atoms with Crippen LogP contribution in [0, 0.1) is 0 Å². The minimum atomic E-state index is -0.00187. The summed E-state index contributed by atoms with van der Waals surface area (Å²) in [5.41, 5.74) is 1.11. The predicted octanol–water partition coefficient (Wildman–Crippen LogP) is 4.25. The first-order chi connectivity index (χ1) is 10.2. The van der Waals surface area contributed by atoms with Gasteiger partial charge in [0.25, 0.3) is 0 Å². The summed E-state index contributed by atoms with van der Waals surface area (Å²) in [4.78, 5) is 2.46. The number of halogens is 1. The summed E-state index contributed by atoms with van der Waals surface area (Å²) >= 11 is 6.60. The Labute approximate surface area is 133 Å². The fourth-order valence-electron chi connectivity index (χ4n) is 2.74. The minimum Gasteiger partial charge on any atom is -0.490 e. The van der Waals surface area contributed by atoms with Crippen molar-refractivity contribution >= 4 is 11.6 Å². The van der Waals surface area contributed by atoms with Gasteiger partial charge in [0.05, 0.1) is 18.6 Å². The Bertz CT molecular complexity index is 433. The maximum atomic E-state index is 6.60. The van der Waals surface area contributed by atoms with Crippen LogP contribution < -0.4 is 9.47 Å². The number of likely N-dealkylation sites (tertiary alicyclic amines) is 1. The Hall–Kier alpha value is -0.930. The van der Waals surface area contributed by atoms with E-state index in [1.165, 1.54) is 32.4 Å². The number of nitrogens with zero attached hydrogens (tertiary/aromatic N) is 1. The summed E-state index contributed by atoms with van der Waals surface area (Å²) in [6, 6.07) is 6.04. The summed E-state index contributed by atoms with van der Waals surface area (Å²) in [7, 11) is 0. The maximum Gasteiger partial charge on any atom is 0.161 e. The van der Waals surface area contributed by atoms with Crippen LogP contribution in [0.2, 0.25) is 0 Å². The molecule has 2 rings (SSSR count). The third-order valence-corrected chi connectivity index (χ3v) is 4.19. The highest BCUT2D eigenvalue weighted by molar-refractivity contribution is 6.21. The summed E-state index contributed by atoms with van der Waals surface area (Å²) in [5.74, 6) is 1.59. The van der Waals surface area contributed by atoms with E-state index in [0.29, 0.717) is 13.2 Å². The van der Waals surface area contributed by atoms with Gasteiger partial charge in [-0.3, -0.25) is 0 Å². The van der Waals surface area contributed by atoms with Gasteiger partial charge in [0, 0.05) is 6.54 Å². The molecule has 0 bridgehead atoms. The lowest BCUT2D eigenvalue weighted by atomic mass is 10.1. The van der Waals surface area contributed by atoms with E-state index in [4.69, 9.17) is 21.1 Å². The molecule has 118 valence electrons. The number of hydrogen-bond acceptors (Lipinski definition) is 3. The van der Waals surface area contributed by atoms with Gasteiger partial charge >= 0.3 is 0 Å². The molecule has 1 atom stereocenters. The zero-order valence-corrected chi connectivity index (χ0v) is 13.9. The quantitative estimate of drug-likeness (QED) is 0.703. The van der Waals surface area contributed by atoms with Crippen molar-refractivity contribution in [1.29, 1.82) is 0 Å². The van der Waals surface area contributed by atoms with Crippen molar-refractivity contribution in [3.05, 3.63) is 23.8 Å². The number of piperidine rings is 1. The van der Waals surface area contributed by atoms with E-state index < -0.39 is 0 Å². The van der Waals surface area contributed by atoms with Gasteiger partial charge in [-0.2, -0.15) is 0 Å². The molecule has 1 fully saturated rings. The van der Waals surface area contributed by atoms with E-state index >= 15 is 0 Å². The fourth-order valence-corrected chi connectivity index (χ4v) is 3.07. The predicted molar refractivity (Wildman–Crippen MR) is 87.7 cm³/mol. The SMILES string of the molecule is CCOc1ccc(C(Cl)CN2CCCCC2)cc1OCC. The van der Waals surface area contributed by atoms with Crippen LogP contribution >= 0.6 is 11.6 Å². The third kappa shape index (κ3) is 4.79. The van der Waals surface area contributed by atoms with Crippen molar-refractivity contribution in [3.8, 4) is 11.5 Å². The first-order valence-electron chi connectivity index (χ1n) is 8.00. The topological polar surface area (TPSA) is 21.7 Å². The number of alkyl halides is 1. The average molecular weight is 312 g/mol. The monoisotopic (exact) mass is 311 g/mol. The lowest BCUT2D eigenvalue weighted by Crippen LogP contribution is -2.32. The van der Waals surface area contributed by atoms with Crippen LogP contribution in [-0.4, -0.2) is 37.7 Å². The highest BCUT2D eigenvalue weighted by Crippen LogP contribution is 2.33. The van der Waals surface area contributed by atoms with Crippen molar-refractivity contribution in [2.45, 2.75) is 38.5 Å². The van der Waals surface area contributed by atoms with Gasteiger partial charge in [0.1, 0.15) is 0 Å². The largest absolute Gasteiger partial charge is 0.490 e. The number of benzene rings is 1. The van der Waals surface area contributed by atoms with Crippen LogP contribution in [0.3, 0.4) is 0 Å². The second kappa shape index (κ2) is 8.50. The van der Waals surface area contributed by atoms with Crippen LogP contribution in [0.5, 0.6) is 11.5 Å². The molecule has 1 aromatic carbocycles. The zero-order valence-electron chi connectivity index (χ0n) is 13.1. The van der Waals surface area contributed by atoms with Crippen molar-refractivity contribution in [2.75, 3.05) is 32.8 Å². The first kappa shape index (κ1) is 16.4. The van der Waals surface area contributed by atoms with Crippen molar-refractivity contribution in [1.82, 2.24) is 4.90 Å². The van der Waals surface area contributed by atoms with Gasteiger partial charge < -0.3 is 14.4 Å². The normalized spacial score (nSPS) is 17.5. The molecule has 1 aliphatic rings. The molecule has 1 heterocycles. The molecule has 3 nitrogen and oxygen atoms in total. The first-order valence-corrected chi connectivity index (χ1v) is 8.44. The average Bonchev–Trinajstić information content (AvgIpc) is 2.50. The molecular formula is C17H26ClNO2. The molecule has 0 radical (unpaired) electrons. The van der Waals surface area contributed by atoms with E-state index in [2.05, 4.69) is 11.0 Å². The minimum absolute atomic E-state index is 0.00187. The molecule has 21 heavy (non-hydrogen) atoms. The summed E-state index contributed by atoms with van der Waals surface area (Å²) in [6.07, 6.45) is 3.93. The second-order valence-corrected chi connectivity index (χ2v) is 5.93. The van der Waals surface area contributed by atoms with E-state index in [0.717, 1.165) is 23.6 Å². The molecule has 1 aromatic rings. The molecule has 0 N–H and O–H groups in total. The van der Waals surface area contributed by atoms with E-state index in [-0.39, 0.29) is 5.38 Å². The van der Waals surface area contributed by atoms with Crippen LogP contribution in [0.4, 0.5) is 0 Å².